The van der Waals surface area contributed by atoms with Crippen molar-refractivity contribution in [2.75, 3.05) is 19.4 Å². The van der Waals surface area contributed by atoms with Gasteiger partial charge in [-0.25, -0.2) is 0 Å². The summed E-state index contributed by atoms with van der Waals surface area (Å²) in [4.78, 5) is 0. The minimum Gasteiger partial charge on any atom is -0.334 e. The zero-order chi connectivity index (χ0) is 10.1. The van der Waals surface area contributed by atoms with Crippen LogP contribution >= 0.6 is 8.38 Å². The van der Waals surface area contributed by atoms with E-state index in [2.05, 4.69) is 0 Å². The van der Waals surface area contributed by atoms with E-state index in [-0.39, 0.29) is 0 Å². The second-order valence-corrected chi connectivity index (χ2v) is 3.94. The lowest BCUT2D eigenvalue weighted by atomic mass is 10.3. The zero-order valence-corrected chi connectivity index (χ0v) is 9.30. The van der Waals surface area contributed by atoms with Crippen molar-refractivity contribution in [3.63, 3.8) is 0 Å². The predicted octanol–water partition coefficient (Wildman–Crippen LogP) is 2.84. The van der Waals surface area contributed by atoms with Crippen LogP contribution in [0.25, 0.3) is 0 Å². The van der Waals surface area contributed by atoms with Gasteiger partial charge in [0.2, 0.25) is 0 Å². The topological polar surface area (TPSA) is 42.2 Å². The van der Waals surface area contributed by atoms with Crippen molar-refractivity contribution >= 4 is 8.38 Å². The largest absolute Gasteiger partial charge is 0.334 e. The summed E-state index contributed by atoms with van der Waals surface area (Å²) in [5.74, 6) is 0. The molecule has 0 fully saturated rings. The number of hydrogen-bond acceptors (Lipinski definition) is 3. The van der Waals surface area contributed by atoms with E-state index in [0.29, 0.717) is 13.2 Å². The molecular formula is C9H16NO2P. The lowest BCUT2D eigenvalue weighted by Gasteiger charge is -2.15. The van der Waals surface area contributed by atoms with Crippen molar-refractivity contribution in [2.45, 2.75) is 20.8 Å². The fourth-order valence-electron chi connectivity index (χ4n) is 0.776. The van der Waals surface area contributed by atoms with E-state index in [1.165, 1.54) is 6.08 Å². The van der Waals surface area contributed by atoms with Crippen molar-refractivity contribution in [3.8, 4) is 6.07 Å². The Morgan fingerprint density at radius 2 is 1.92 bits per heavy atom. The quantitative estimate of drug-likeness (QED) is 0.490. The third-order valence-electron chi connectivity index (χ3n) is 1.24. The van der Waals surface area contributed by atoms with Gasteiger partial charge in [0, 0.05) is 12.2 Å². The SMILES string of the molecule is CCOP(C/C(C)=C/C#N)OCC. The molecule has 0 aromatic rings. The van der Waals surface area contributed by atoms with Crippen LogP contribution in [0.15, 0.2) is 11.6 Å². The summed E-state index contributed by atoms with van der Waals surface area (Å²) in [6, 6.07) is 1.99. The van der Waals surface area contributed by atoms with Crippen LogP contribution in [-0.2, 0) is 9.05 Å². The van der Waals surface area contributed by atoms with Gasteiger partial charge in [0.15, 0.2) is 8.38 Å². The summed E-state index contributed by atoms with van der Waals surface area (Å²) in [5.41, 5.74) is 1.01. The van der Waals surface area contributed by atoms with E-state index in [1.807, 2.05) is 26.8 Å². The second-order valence-electron chi connectivity index (χ2n) is 2.45. The van der Waals surface area contributed by atoms with E-state index < -0.39 is 8.38 Å². The lowest BCUT2D eigenvalue weighted by Crippen LogP contribution is -1.96. The molecular weight excluding hydrogens is 185 g/mol. The van der Waals surface area contributed by atoms with E-state index in [0.717, 1.165) is 11.7 Å². The molecule has 0 saturated heterocycles. The Bertz CT molecular complexity index is 192. The normalized spacial score (nSPS) is 11.8. The predicted molar refractivity (Wildman–Crippen MR) is 54.4 cm³/mol. The smallest absolute Gasteiger partial charge is 0.174 e. The minimum absolute atomic E-state index is 0.658. The molecule has 0 aliphatic rings. The van der Waals surface area contributed by atoms with Gasteiger partial charge in [0.25, 0.3) is 0 Å². The molecule has 4 heteroatoms. The zero-order valence-electron chi connectivity index (χ0n) is 8.41. The number of nitriles is 1. The summed E-state index contributed by atoms with van der Waals surface area (Å²) < 4.78 is 10.8. The number of nitrogens with zero attached hydrogens (tertiary/aromatic N) is 1. The highest BCUT2D eigenvalue weighted by Gasteiger charge is 2.09. The highest BCUT2D eigenvalue weighted by Crippen LogP contribution is 2.39. The Morgan fingerprint density at radius 1 is 1.38 bits per heavy atom. The van der Waals surface area contributed by atoms with E-state index in [4.69, 9.17) is 14.3 Å². The minimum atomic E-state index is -0.831. The third kappa shape index (κ3) is 6.72. The molecule has 0 radical (unpaired) electrons. The van der Waals surface area contributed by atoms with Gasteiger partial charge in [0.1, 0.15) is 0 Å². The molecule has 3 nitrogen and oxygen atoms in total. The van der Waals surface area contributed by atoms with Gasteiger partial charge < -0.3 is 9.05 Å². The van der Waals surface area contributed by atoms with Gasteiger partial charge in [-0.3, -0.25) is 0 Å². The molecule has 0 heterocycles. The molecule has 0 saturated carbocycles. The van der Waals surface area contributed by atoms with Crippen LogP contribution in [0.1, 0.15) is 20.8 Å². The Hall–Kier alpha value is -0.420. The molecule has 0 aromatic heterocycles. The molecule has 0 atom stereocenters. The monoisotopic (exact) mass is 201 g/mol. The number of allylic oxidation sites excluding steroid dienone is 2. The first-order chi connectivity index (χ1) is 6.24. The van der Waals surface area contributed by atoms with E-state index in [9.17, 15) is 0 Å². The summed E-state index contributed by atoms with van der Waals surface area (Å²) in [6.45, 7) is 7.11. The maximum Gasteiger partial charge on any atom is 0.174 e. The van der Waals surface area contributed by atoms with Crippen molar-refractivity contribution in [3.05, 3.63) is 11.6 Å². The Morgan fingerprint density at radius 3 is 2.31 bits per heavy atom. The van der Waals surface area contributed by atoms with Gasteiger partial charge in [0.05, 0.1) is 19.3 Å². The highest BCUT2D eigenvalue weighted by molar-refractivity contribution is 7.47. The molecule has 74 valence electrons. The first-order valence-corrected chi connectivity index (χ1v) is 5.69. The molecule has 0 spiro atoms. The molecule has 0 rings (SSSR count). The highest BCUT2D eigenvalue weighted by atomic mass is 31.2. The van der Waals surface area contributed by atoms with Crippen LogP contribution < -0.4 is 0 Å². The Labute approximate surface area is 81.3 Å². The van der Waals surface area contributed by atoms with Gasteiger partial charge in [-0.2, -0.15) is 5.26 Å². The van der Waals surface area contributed by atoms with Crippen molar-refractivity contribution < 1.29 is 9.05 Å². The average molecular weight is 201 g/mol. The first kappa shape index (κ1) is 12.6. The summed E-state index contributed by atoms with van der Waals surface area (Å²) in [6.07, 6.45) is 2.26. The molecule has 0 bridgehead atoms. The van der Waals surface area contributed by atoms with Crippen LogP contribution in [0.3, 0.4) is 0 Å². The van der Waals surface area contributed by atoms with Crippen LogP contribution in [0.2, 0.25) is 0 Å². The number of rotatable bonds is 6. The molecule has 0 aromatic carbocycles. The van der Waals surface area contributed by atoms with Crippen LogP contribution in [0.5, 0.6) is 0 Å². The van der Waals surface area contributed by atoms with Gasteiger partial charge >= 0.3 is 0 Å². The molecule has 13 heavy (non-hydrogen) atoms. The lowest BCUT2D eigenvalue weighted by molar-refractivity contribution is 0.271. The van der Waals surface area contributed by atoms with E-state index >= 15 is 0 Å². The maximum atomic E-state index is 8.41. The second kappa shape index (κ2) is 8.19. The van der Waals surface area contributed by atoms with Crippen LogP contribution in [0.4, 0.5) is 0 Å². The summed E-state index contributed by atoms with van der Waals surface area (Å²) >= 11 is 0. The number of hydrogen-bond donors (Lipinski definition) is 0. The van der Waals surface area contributed by atoms with E-state index in [1.54, 1.807) is 0 Å². The van der Waals surface area contributed by atoms with Gasteiger partial charge in [-0.05, 0) is 20.8 Å². The summed E-state index contributed by atoms with van der Waals surface area (Å²) in [5, 5.41) is 8.41. The first-order valence-electron chi connectivity index (χ1n) is 4.33. The summed E-state index contributed by atoms with van der Waals surface area (Å²) in [7, 11) is -0.831. The fraction of sp³-hybridized carbons (Fsp3) is 0.667. The van der Waals surface area contributed by atoms with Gasteiger partial charge in [-0.15, -0.1) is 0 Å². The average Bonchev–Trinajstić information content (AvgIpc) is 2.05. The van der Waals surface area contributed by atoms with Crippen molar-refractivity contribution in [2.24, 2.45) is 0 Å². The molecule has 0 amide bonds. The Balaban J connectivity index is 3.94. The van der Waals surface area contributed by atoms with Crippen molar-refractivity contribution in [1.82, 2.24) is 0 Å². The standard InChI is InChI=1S/C9H16NO2P/c1-4-11-13(12-5-2)8-9(3)6-7-10/h6H,4-5,8H2,1-3H3/b9-6+. The van der Waals surface area contributed by atoms with Crippen LogP contribution in [-0.4, -0.2) is 19.4 Å². The van der Waals surface area contributed by atoms with Crippen LogP contribution in [0, 0.1) is 11.3 Å². The maximum absolute atomic E-state index is 8.41. The molecule has 0 N–H and O–H groups in total. The molecule has 0 unspecified atom stereocenters. The fourth-order valence-corrected chi connectivity index (χ4v) is 2.11. The molecule has 0 aliphatic carbocycles. The Kier molecular flexibility index (Phi) is 7.93. The third-order valence-corrected chi connectivity index (χ3v) is 3.08. The molecule has 0 aliphatic heterocycles. The van der Waals surface area contributed by atoms with Crippen molar-refractivity contribution in [1.29, 1.82) is 5.26 Å². The van der Waals surface area contributed by atoms with Gasteiger partial charge in [-0.1, -0.05) is 5.57 Å².